The number of halogens is 1. The topological polar surface area (TPSA) is 64.9 Å². The van der Waals surface area contributed by atoms with E-state index in [0.717, 1.165) is 25.0 Å². The highest BCUT2D eigenvalue weighted by Gasteiger charge is 2.14. The molecular weight excluding hydrogens is 297 g/mol. The summed E-state index contributed by atoms with van der Waals surface area (Å²) in [5.74, 6) is 0.510. The number of hydrogen-bond acceptors (Lipinski definition) is 5. The monoisotopic (exact) mass is 315 g/mol. The number of methoxy groups -OCH3 is 1. The first kappa shape index (κ1) is 15.2. The van der Waals surface area contributed by atoms with Gasteiger partial charge in [-0.05, 0) is 30.7 Å². The molecule has 1 N–H and O–H groups in total. The number of unbranched alkanes of at least 4 members (excludes halogenated alkanes) is 1. The van der Waals surface area contributed by atoms with Gasteiger partial charge in [-0.1, -0.05) is 13.3 Å². The molecule has 1 aromatic carbocycles. The van der Waals surface area contributed by atoms with E-state index < -0.39 is 0 Å². The highest BCUT2D eigenvalue weighted by Crippen LogP contribution is 2.24. The van der Waals surface area contributed by atoms with Gasteiger partial charge in [0, 0.05) is 12.2 Å². The van der Waals surface area contributed by atoms with Crippen LogP contribution in [-0.2, 0) is 6.54 Å². The minimum atomic E-state index is -0.290. The van der Waals surface area contributed by atoms with E-state index in [-0.39, 0.29) is 5.82 Å². The molecule has 6 nitrogen and oxygen atoms in total. The first-order valence-electron chi connectivity index (χ1n) is 7.50. The van der Waals surface area contributed by atoms with Crippen LogP contribution in [0.15, 0.2) is 30.6 Å². The summed E-state index contributed by atoms with van der Waals surface area (Å²) in [6, 6.07) is 6.01. The molecule has 23 heavy (non-hydrogen) atoms. The van der Waals surface area contributed by atoms with Crippen molar-refractivity contribution in [3.05, 3.63) is 36.4 Å². The zero-order valence-corrected chi connectivity index (χ0v) is 13.1. The molecule has 0 amide bonds. The molecule has 7 heteroatoms. The van der Waals surface area contributed by atoms with Gasteiger partial charge < -0.3 is 14.6 Å². The van der Waals surface area contributed by atoms with Crippen LogP contribution in [0.5, 0.6) is 5.88 Å². The van der Waals surface area contributed by atoms with Crippen molar-refractivity contribution < 1.29 is 9.13 Å². The van der Waals surface area contributed by atoms with E-state index in [9.17, 15) is 4.39 Å². The van der Waals surface area contributed by atoms with Gasteiger partial charge in [0.05, 0.1) is 13.4 Å². The molecule has 0 fully saturated rings. The normalized spacial score (nSPS) is 10.9. The number of imidazole rings is 1. The maximum Gasteiger partial charge on any atom is 0.246 e. The summed E-state index contributed by atoms with van der Waals surface area (Å²) in [4.78, 5) is 13.2. The molecule has 2 aromatic heterocycles. The Kier molecular flexibility index (Phi) is 4.36. The van der Waals surface area contributed by atoms with Crippen molar-refractivity contribution in [3.63, 3.8) is 0 Å². The number of anilines is 2. The van der Waals surface area contributed by atoms with Crippen LogP contribution >= 0.6 is 0 Å². The van der Waals surface area contributed by atoms with Gasteiger partial charge in [0.25, 0.3) is 0 Å². The van der Waals surface area contributed by atoms with Gasteiger partial charge in [-0.3, -0.25) is 0 Å². The van der Waals surface area contributed by atoms with Crippen LogP contribution in [0.2, 0.25) is 0 Å². The van der Waals surface area contributed by atoms with Gasteiger partial charge in [0.15, 0.2) is 11.2 Å². The summed E-state index contributed by atoms with van der Waals surface area (Å²) in [5, 5.41) is 3.06. The zero-order valence-electron chi connectivity index (χ0n) is 13.1. The van der Waals surface area contributed by atoms with Crippen molar-refractivity contribution >= 4 is 22.8 Å². The number of rotatable bonds is 6. The Balaban J connectivity index is 1.97. The lowest BCUT2D eigenvalue weighted by Gasteiger charge is -2.08. The summed E-state index contributed by atoms with van der Waals surface area (Å²) in [6.45, 7) is 2.97. The second-order valence-electron chi connectivity index (χ2n) is 5.15. The van der Waals surface area contributed by atoms with Crippen LogP contribution in [-0.4, -0.2) is 26.6 Å². The molecule has 3 aromatic rings. The molecule has 0 aliphatic carbocycles. The lowest BCUT2D eigenvalue weighted by atomic mass is 10.3. The first-order chi connectivity index (χ1) is 11.2. The Morgan fingerprint density at radius 2 is 2.00 bits per heavy atom. The standard InChI is InChI=1S/C16H18FN5O/c1-3-4-9-22-10-18-13-14(22)20-16(21-15(13)23-2)19-12-7-5-11(17)6-8-12/h5-8,10H,3-4,9H2,1-2H3,(H,19,20,21). The lowest BCUT2D eigenvalue weighted by Crippen LogP contribution is -2.03. The molecule has 120 valence electrons. The summed E-state index contributed by atoms with van der Waals surface area (Å²) in [7, 11) is 1.55. The molecule has 3 rings (SSSR count). The van der Waals surface area contributed by atoms with Gasteiger partial charge in [-0.2, -0.15) is 9.97 Å². The van der Waals surface area contributed by atoms with Gasteiger partial charge in [0.2, 0.25) is 11.8 Å². The lowest BCUT2D eigenvalue weighted by molar-refractivity contribution is 0.402. The average molecular weight is 315 g/mol. The highest BCUT2D eigenvalue weighted by molar-refractivity contribution is 5.78. The van der Waals surface area contributed by atoms with E-state index in [1.165, 1.54) is 12.1 Å². The molecule has 2 heterocycles. The van der Waals surface area contributed by atoms with Crippen molar-refractivity contribution in [2.75, 3.05) is 12.4 Å². The van der Waals surface area contributed by atoms with Crippen LogP contribution in [0.3, 0.4) is 0 Å². The fraction of sp³-hybridized carbons (Fsp3) is 0.312. The minimum Gasteiger partial charge on any atom is -0.479 e. The molecule has 0 saturated heterocycles. The van der Waals surface area contributed by atoms with Crippen molar-refractivity contribution in [2.45, 2.75) is 26.3 Å². The molecule has 0 aliphatic rings. The van der Waals surface area contributed by atoms with E-state index in [1.54, 1.807) is 25.6 Å². The molecular formula is C16H18FN5O. The second kappa shape index (κ2) is 6.60. The van der Waals surface area contributed by atoms with Crippen LogP contribution in [0.4, 0.5) is 16.0 Å². The molecule has 0 spiro atoms. The summed E-state index contributed by atoms with van der Waals surface area (Å²) < 4.78 is 20.3. The third kappa shape index (κ3) is 3.23. The van der Waals surface area contributed by atoms with Crippen LogP contribution in [0.25, 0.3) is 11.2 Å². The summed E-state index contributed by atoms with van der Waals surface area (Å²) in [6.07, 6.45) is 3.88. The second-order valence-corrected chi connectivity index (χ2v) is 5.15. The largest absolute Gasteiger partial charge is 0.479 e. The van der Waals surface area contributed by atoms with Crippen molar-refractivity contribution in [1.82, 2.24) is 19.5 Å². The Hall–Kier alpha value is -2.70. The SMILES string of the molecule is CCCCn1cnc2c(OC)nc(Nc3ccc(F)cc3)nc21. The summed E-state index contributed by atoms with van der Waals surface area (Å²) >= 11 is 0. The van der Waals surface area contributed by atoms with E-state index in [0.29, 0.717) is 23.0 Å². The number of nitrogens with one attached hydrogen (secondary N) is 1. The van der Waals surface area contributed by atoms with Gasteiger partial charge >= 0.3 is 0 Å². The fourth-order valence-electron chi connectivity index (χ4n) is 2.27. The number of aromatic nitrogens is 4. The Morgan fingerprint density at radius 1 is 1.22 bits per heavy atom. The quantitative estimate of drug-likeness (QED) is 0.754. The smallest absolute Gasteiger partial charge is 0.246 e. The predicted octanol–water partition coefficient (Wildman–Crippen LogP) is 3.52. The van der Waals surface area contributed by atoms with Gasteiger partial charge in [0.1, 0.15) is 5.82 Å². The molecule has 0 atom stereocenters. The van der Waals surface area contributed by atoms with Crippen molar-refractivity contribution in [2.24, 2.45) is 0 Å². The predicted molar refractivity (Wildman–Crippen MR) is 86.5 cm³/mol. The molecule has 0 saturated carbocycles. The van der Waals surface area contributed by atoms with E-state index >= 15 is 0 Å². The fourth-order valence-corrected chi connectivity index (χ4v) is 2.27. The van der Waals surface area contributed by atoms with Gasteiger partial charge in [-0.15, -0.1) is 0 Å². The maximum atomic E-state index is 13.0. The van der Waals surface area contributed by atoms with E-state index in [1.807, 2.05) is 4.57 Å². The number of hydrogen-bond donors (Lipinski definition) is 1. The van der Waals surface area contributed by atoms with Crippen LogP contribution in [0.1, 0.15) is 19.8 Å². The number of ether oxygens (including phenoxy) is 1. The Labute approximate surface area is 133 Å². The van der Waals surface area contributed by atoms with Crippen LogP contribution in [0, 0.1) is 5.82 Å². The third-order valence-electron chi connectivity index (χ3n) is 3.48. The molecule has 0 aliphatic heterocycles. The average Bonchev–Trinajstić information content (AvgIpc) is 2.97. The first-order valence-corrected chi connectivity index (χ1v) is 7.50. The number of benzene rings is 1. The van der Waals surface area contributed by atoms with Gasteiger partial charge in [-0.25, -0.2) is 9.37 Å². The third-order valence-corrected chi connectivity index (χ3v) is 3.48. The maximum absolute atomic E-state index is 13.0. The van der Waals surface area contributed by atoms with Crippen LogP contribution < -0.4 is 10.1 Å². The minimum absolute atomic E-state index is 0.290. The van der Waals surface area contributed by atoms with Crippen molar-refractivity contribution in [3.8, 4) is 5.88 Å². The molecule has 0 bridgehead atoms. The zero-order chi connectivity index (χ0) is 16.2. The Bertz CT molecular complexity index is 800. The number of nitrogens with zero attached hydrogens (tertiary/aromatic N) is 4. The number of fused-ring (bicyclic) bond motifs is 1. The van der Waals surface area contributed by atoms with E-state index in [4.69, 9.17) is 4.74 Å². The number of aryl methyl sites for hydroxylation is 1. The van der Waals surface area contributed by atoms with Crippen molar-refractivity contribution in [1.29, 1.82) is 0 Å². The van der Waals surface area contributed by atoms with E-state index in [2.05, 4.69) is 27.2 Å². The molecule has 0 radical (unpaired) electrons. The summed E-state index contributed by atoms with van der Waals surface area (Å²) in [5.41, 5.74) is 2.05. The highest BCUT2D eigenvalue weighted by atomic mass is 19.1. The Morgan fingerprint density at radius 3 is 2.70 bits per heavy atom. The molecule has 0 unspecified atom stereocenters.